The fraction of sp³-hybridized carbons (Fsp3) is 0.333. The van der Waals surface area contributed by atoms with Crippen molar-refractivity contribution in [1.29, 1.82) is 0 Å². The second-order valence-electron chi connectivity index (χ2n) is 5.58. The Morgan fingerprint density at radius 2 is 1.95 bits per heavy atom. The lowest BCUT2D eigenvalue weighted by Crippen LogP contribution is -2.10. The molecule has 1 aromatic heterocycles. The lowest BCUT2D eigenvalue weighted by molar-refractivity contribution is 0.590. The van der Waals surface area contributed by atoms with Crippen molar-refractivity contribution in [3.63, 3.8) is 0 Å². The maximum Gasteiger partial charge on any atom is 0.195 e. The molecule has 0 radical (unpaired) electrons. The summed E-state index contributed by atoms with van der Waals surface area (Å²) in [6.07, 6.45) is 1.82. The summed E-state index contributed by atoms with van der Waals surface area (Å²) in [6.45, 7) is 11.0. The van der Waals surface area contributed by atoms with E-state index in [1.54, 1.807) is 0 Å². The molecule has 0 amide bonds. The first-order chi connectivity index (χ1) is 8.93. The average Bonchev–Trinajstić information content (AvgIpc) is 2.71. The van der Waals surface area contributed by atoms with Crippen LogP contribution < -0.4 is 0 Å². The quantitative estimate of drug-likeness (QED) is 0.675. The van der Waals surface area contributed by atoms with Gasteiger partial charge in [-0.2, -0.15) is 5.10 Å². The molecule has 4 heteroatoms. The van der Waals surface area contributed by atoms with Gasteiger partial charge in [0.1, 0.15) is 0 Å². The van der Waals surface area contributed by atoms with E-state index in [0.29, 0.717) is 11.3 Å². The van der Waals surface area contributed by atoms with Crippen LogP contribution in [0.1, 0.15) is 26.3 Å². The molecule has 100 valence electrons. The van der Waals surface area contributed by atoms with Gasteiger partial charge in [0, 0.05) is 12.1 Å². The van der Waals surface area contributed by atoms with E-state index in [4.69, 9.17) is 12.2 Å². The summed E-state index contributed by atoms with van der Waals surface area (Å²) in [5, 5.41) is 7.13. The third-order valence-corrected chi connectivity index (χ3v) is 3.39. The van der Waals surface area contributed by atoms with Gasteiger partial charge in [-0.05, 0) is 23.2 Å². The zero-order valence-corrected chi connectivity index (χ0v) is 12.4. The molecule has 0 bridgehead atoms. The second kappa shape index (κ2) is 5.13. The number of nitrogens with zero attached hydrogens (tertiary/aromatic N) is 2. The molecule has 1 heterocycles. The molecule has 0 atom stereocenters. The van der Waals surface area contributed by atoms with Crippen LogP contribution in [0.5, 0.6) is 0 Å². The van der Waals surface area contributed by atoms with Crippen LogP contribution in [0.3, 0.4) is 0 Å². The molecule has 1 aromatic carbocycles. The normalized spacial score (nSPS) is 11.5. The standard InChI is InChI=1S/C15H19N3S/c1-5-10-18-13(16-17-14(18)19)11-6-8-12(9-7-11)15(2,3)4/h5-9H,1,10H2,2-4H3,(H,17,19). The van der Waals surface area contributed by atoms with Gasteiger partial charge in [-0.1, -0.05) is 51.1 Å². The number of aromatic amines is 1. The maximum absolute atomic E-state index is 5.22. The van der Waals surface area contributed by atoms with Crippen molar-refractivity contribution in [2.24, 2.45) is 0 Å². The molecular formula is C15H19N3S. The molecule has 0 aliphatic heterocycles. The van der Waals surface area contributed by atoms with Gasteiger partial charge in [0.05, 0.1) is 0 Å². The van der Waals surface area contributed by atoms with Crippen molar-refractivity contribution in [3.05, 3.63) is 47.3 Å². The smallest absolute Gasteiger partial charge is 0.195 e. The minimum Gasteiger partial charge on any atom is -0.296 e. The molecule has 0 spiro atoms. The van der Waals surface area contributed by atoms with Crippen molar-refractivity contribution >= 4 is 12.2 Å². The monoisotopic (exact) mass is 273 g/mol. The minimum absolute atomic E-state index is 0.157. The Kier molecular flexibility index (Phi) is 3.71. The van der Waals surface area contributed by atoms with E-state index in [0.717, 1.165) is 11.4 Å². The van der Waals surface area contributed by atoms with E-state index >= 15 is 0 Å². The average molecular weight is 273 g/mol. The van der Waals surface area contributed by atoms with E-state index in [-0.39, 0.29) is 5.41 Å². The zero-order chi connectivity index (χ0) is 14.0. The van der Waals surface area contributed by atoms with Crippen LogP contribution in [-0.2, 0) is 12.0 Å². The maximum atomic E-state index is 5.22. The summed E-state index contributed by atoms with van der Waals surface area (Å²) in [5.74, 6) is 0.852. The molecule has 0 unspecified atom stereocenters. The van der Waals surface area contributed by atoms with Crippen LogP contribution in [0.25, 0.3) is 11.4 Å². The number of hydrogen-bond acceptors (Lipinski definition) is 2. The van der Waals surface area contributed by atoms with Crippen molar-refractivity contribution in [2.45, 2.75) is 32.7 Å². The molecule has 0 saturated carbocycles. The molecule has 2 rings (SSSR count). The lowest BCUT2D eigenvalue weighted by atomic mass is 9.87. The fourth-order valence-corrected chi connectivity index (χ4v) is 2.16. The molecule has 3 nitrogen and oxygen atoms in total. The first kappa shape index (κ1) is 13.7. The van der Waals surface area contributed by atoms with Crippen LogP contribution in [0.15, 0.2) is 36.9 Å². The minimum atomic E-state index is 0.157. The Labute approximate surface area is 119 Å². The van der Waals surface area contributed by atoms with Crippen molar-refractivity contribution in [3.8, 4) is 11.4 Å². The molecule has 1 N–H and O–H groups in total. The number of benzene rings is 1. The van der Waals surface area contributed by atoms with Gasteiger partial charge >= 0.3 is 0 Å². The Morgan fingerprint density at radius 3 is 2.47 bits per heavy atom. The molecule has 0 saturated heterocycles. The van der Waals surface area contributed by atoms with Crippen molar-refractivity contribution in [2.75, 3.05) is 0 Å². The summed E-state index contributed by atoms with van der Waals surface area (Å²) in [6, 6.07) is 8.47. The Balaban J connectivity index is 2.43. The van der Waals surface area contributed by atoms with Gasteiger partial charge in [0.25, 0.3) is 0 Å². The second-order valence-corrected chi connectivity index (χ2v) is 5.97. The first-order valence-corrected chi connectivity index (χ1v) is 6.71. The SMILES string of the molecule is C=CCn1c(-c2ccc(C(C)(C)C)cc2)n[nH]c1=S. The van der Waals surface area contributed by atoms with Gasteiger partial charge in [-0.15, -0.1) is 6.58 Å². The van der Waals surface area contributed by atoms with E-state index in [2.05, 4.69) is 61.8 Å². The van der Waals surface area contributed by atoms with E-state index in [9.17, 15) is 0 Å². The molecule has 0 fully saturated rings. The number of aromatic nitrogens is 3. The predicted molar refractivity (Wildman–Crippen MR) is 81.7 cm³/mol. The van der Waals surface area contributed by atoms with Crippen molar-refractivity contribution < 1.29 is 0 Å². The third kappa shape index (κ3) is 2.84. The molecular weight excluding hydrogens is 254 g/mol. The predicted octanol–water partition coefficient (Wildman–Crippen LogP) is 4.09. The first-order valence-electron chi connectivity index (χ1n) is 6.30. The zero-order valence-electron chi connectivity index (χ0n) is 11.6. The number of rotatable bonds is 3. The highest BCUT2D eigenvalue weighted by Crippen LogP contribution is 2.25. The van der Waals surface area contributed by atoms with Crippen LogP contribution in [0, 0.1) is 4.77 Å². The van der Waals surface area contributed by atoms with Crippen LogP contribution >= 0.6 is 12.2 Å². The molecule has 19 heavy (non-hydrogen) atoms. The molecule has 0 aliphatic rings. The topological polar surface area (TPSA) is 33.6 Å². The summed E-state index contributed by atoms with van der Waals surface area (Å²) in [4.78, 5) is 0. The van der Waals surface area contributed by atoms with Crippen LogP contribution in [0.4, 0.5) is 0 Å². The van der Waals surface area contributed by atoms with Gasteiger partial charge in [0.2, 0.25) is 0 Å². The lowest BCUT2D eigenvalue weighted by Gasteiger charge is -2.19. The number of hydrogen-bond donors (Lipinski definition) is 1. The Bertz CT molecular complexity index is 627. The highest BCUT2D eigenvalue weighted by Gasteiger charge is 2.14. The number of nitrogens with one attached hydrogen (secondary N) is 1. The highest BCUT2D eigenvalue weighted by atomic mass is 32.1. The van der Waals surface area contributed by atoms with E-state index < -0.39 is 0 Å². The van der Waals surface area contributed by atoms with Crippen LogP contribution in [-0.4, -0.2) is 14.8 Å². The summed E-state index contributed by atoms with van der Waals surface area (Å²) in [5.41, 5.74) is 2.52. The summed E-state index contributed by atoms with van der Waals surface area (Å²) < 4.78 is 2.56. The number of H-pyrrole nitrogens is 1. The third-order valence-electron chi connectivity index (χ3n) is 3.08. The molecule has 2 aromatic rings. The summed E-state index contributed by atoms with van der Waals surface area (Å²) in [7, 11) is 0. The van der Waals surface area contributed by atoms with Gasteiger partial charge < -0.3 is 0 Å². The van der Waals surface area contributed by atoms with Gasteiger partial charge in [0.15, 0.2) is 10.6 Å². The Hall–Kier alpha value is -1.68. The Morgan fingerprint density at radius 1 is 1.32 bits per heavy atom. The largest absolute Gasteiger partial charge is 0.296 e. The number of allylic oxidation sites excluding steroid dienone is 1. The van der Waals surface area contributed by atoms with E-state index in [1.807, 2.05) is 10.6 Å². The summed E-state index contributed by atoms with van der Waals surface area (Å²) >= 11 is 5.22. The van der Waals surface area contributed by atoms with Crippen molar-refractivity contribution in [1.82, 2.24) is 14.8 Å². The molecule has 0 aliphatic carbocycles. The van der Waals surface area contributed by atoms with E-state index in [1.165, 1.54) is 5.56 Å². The highest BCUT2D eigenvalue weighted by molar-refractivity contribution is 7.71. The fourth-order valence-electron chi connectivity index (χ4n) is 1.96. The van der Waals surface area contributed by atoms with Crippen LogP contribution in [0.2, 0.25) is 0 Å². The van der Waals surface area contributed by atoms with Gasteiger partial charge in [-0.25, -0.2) is 0 Å². The van der Waals surface area contributed by atoms with Gasteiger partial charge in [-0.3, -0.25) is 9.67 Å².